The van der Waals surface area contributed by atoms with Gasteiger partial charge in [-0.2, -0.15) is 5.26 Å². The largest absolute Gasteiger partial charge is 0.277 e. The van der Waals surface area contributed by atoms with Crippen molar-refractivity contribution in [2.24, 2.45) is 0 Å². The number of rotatable bonds is 3. The molecule has 4 nitrogen and oxygen atoms in total. The van der Waals surface area contributed by atoms with Crippen molar-refractivity contribution >= 4 is 38.5 Å². The van der Waals surface area contributed by atoms with E-state index in [0.29, 0.717) is 16.5 Å². The van der Waals surface area contributed by atoms with Crippen molar-refractivity contribution < 1.29 is 4.92 Å². The first kappa shape index (κ1) is 13.2. The number of halogens is 1. The third-order valence-electron chi connectivity index (χ3n) is 2.71. The summed E-state index contributed by atoms with van der Waals surface area (Å²) in [5.41, 5.74) is 0.894. The van der Waals surface area contributed by atoms with Crippen molar-refractivity contribution in [1.82, 2.24) is 0 Å². The third-order valence-corrected chi connectivity index (χ3v) is 3.31. The Morgan fingerprint density at radius 1 is 1.37 bits per heavy atom. The van der Waals surface area contributed by atoms with Crippen LogP contribution in [-0.4, -0.2) is 10.3 Å². The van der Waals surface area contributed by atoms with Gasteiger partial charge in [-0.1, -0.05) is 40.2 Å². The van der Waals surface area contributed by atoms with Crippen LogP contribution in [0.3, 0.4) is 0 Å². The monoisotopic (exact) mass is 316 g/mol. The molecule has 0 aliphatic heterocycles. The Labute approximate surface area is 118 Å². The molecule has 94 valence electrons. The number of nitriles is 1. The zero-order valence-corrected chi connectivity index (χ0v) is 11.4. The van der Waals surface area contributed by atoms with E-state index in [-0.39, 0.29) is 5.69 Å². The summed E-state index contributed by atoms with van der Waals surface area (Å²) in [5.74, 6) is 0. The van der Waals surface area contributed by atoms with Gasteiger partial charge in [0.05, 0.1) is 16.6 Å². The molecule has 0 radical (unpaired) electrons. The highest BCUT2D eigenvalue weighted by molar-refractivity contribution is 9.09. The molecule has 0 atom stereocenters. The fraction of sp³-hybridized carbons (Fsp3) is 0.0714. The predicted octanol–water partition coefficient (Wildman–Crippen LogP) is 4.05. The molecule has 2 aromatic rings. The molecule has 0 N–H and O–H groups in total. The average Bonchev–Trinajstić information content (AvgIpc) is 2.43. The first-order chi connectivity index (χ1) is 9.15. The number of fused-ring (bicyclic) bond motifs is 1. The number of hydrogen-bond donors (Lipinski definition) is 0. The van der Waals surface area contributed by atoms with Gasteiger partial charge in [0.25, 0.3) is 5.69 Å². The van der Waals surface area contributed by atoms with Crippen molar-refractivity contribution in [2.75, 3.05) is 5.33 Å². The predicted molar refractivity (Wildman–Crippen MR) is 78.0 cm³/mol. The molecule has 0 aromatic heterocycles. The molecule has 2 aromatic carbocycles. The van der Waals surface area contributed by atoms with Gasteiger partial charge in [-0.05, 0) is 22.9 Å². The van der Waals surface area contributed by atoms with E-state index >= 15 is 0 Å². The lowest BCUT2D eigenvalue weighted by molar-refractivity contribution is -0.384. The van der Waals surface area contributed by atoms with Crippen LogP contribution in [0.2, 0.25) is 0 Å². The summed E-state index contributed by atoms with van der Waals surface area (Å²) >= 11 is 3.18. The Kier molecular flexibility index (Phi) is 3.93. The lowest BCUT2D eigenvalue weighted by Crippen LogP contribution is -1.93. The lowest BCUT2D eigenvalue weighted by atomic mass is 10.0. The zero-order chi connectivity index (χ0) is 13.8. The van der Waals surface area contributed by atoms with Crippen molar-refractivity contribution in [3.8, 4) is 6.07 Å². The van der Waals surface area contributed by atoms with Crippen LogP contribution in [0.5, 0.6) is 0 Å². The van der Waals surface area contributed by atoms with Crippen LogP contribution in [0.15, 0.2) is 42.0 Å². The third kappa shape index (κ3) is 2.80. The smallest absolute Gasteiger partial charge is 0.258 e. The zero-order valence-electron chi connectivity index (χ0n) is 9.84. The molecule has 0 unspecified atom stereocenters. The van der Waals surface area contributed by atoms with Gasteiger partial charge >= 0.3 is 0 Å². The first-order valence-electron chi connectivity index (χ1n) is 5.49. The van der Waals surface area contributed by atoms with Gasteiger partial charge in [0, 0.05) is 17.0 Å². The van der Waals surface area contributed by atoms with E-state index in [1.165, 1.54) is 6.07 Å². The molecule has 0 bridgehead atoms. The van der Waals surface area contributed by atoms with Gasteiger partial charge in [-0.3, -0.25) is 10.1 Å². The van der Waals surface area contributed by atoms with Crippen LogP contribution >= 0.6 is 15.9 Å². The summed E-state index contributed by atoms with van der Waals surface area (Å²) in [7, 11) is 0. The molecular weight excluding hydrogens is 308 g/mol. The van der Waals surface area contributed by atoms with Crippen molar-refractivity contribution in [3.05, 3.63) is 57.6 Å². The Morgan fingerprint density at radius 2 is 2.00 bits per heavy atom. The van der Waals surface area contributed by atoms with E-state index in [4.69, 9.17) is 5.26 Å². The van der Waals surface area contributed by atoms with Crippen LogP contribution < -0.4 is 0 Å². The molecule has 0 fully saturated rings. The maximum atomic E-state index is 11.1. The van der Waals surface area contributed by atoms with E-state index in [0.717, 1.165) is 10.8 Å². The number of nitro benzene ring substituents is 1. The van der Waals surface area contributed by atoms with Gasteiger partial charge in [-0.15, -0.1) is 0 Å². The van der Waals surface area contributed by atoms with Gasteiger partial charge in [-0.25, -0.2) is 0 Å². The van der Waals surface area contributed by atoms with Crippen molar-refractivity contribution in [3.63, 3.8) is 0 Å². The normalized spacial score (nSPS) is 11.3. The average molecular weight is 317 g/mol. The molecule has 0 amide bonds. The number of nitro groups is 1. The van der Waals surface area contributed by atoms with Gasteiger partial charge in [0.15, 0.2) is 0 Å². The molecular formula is C14H9BrN2O2. The molecule has 0 heterocycles. The van der Waals surface area contributed by atoms with E-state index in [9.17, 15) is 10.1 Å². The van der Waals surface area contributed by atoms with Crippen LogP contribution in [-0.2, 0) is 0 Å². The summed E-state index contributed by atoms with van der Waals surface area (Å²) < 4.78 is 0. The summed E-state index contributed by atoms with van der Waals surface area (Å²) in [6.07, 6.45) is 1.54. The molecule has 5 heteroatoms. The SMILES string of the molecule is N#C/C(=C/c1cc2ccccc2cc1[N+](=O)[O-])CBr. The second kappa shape index (κ2) is 5.63. The lowest BCUT2D eigenvalue weighted by Gasteiger charge is -2.02. The van der Waals surface area contributed by atoms with Crippen molar-refractivity contribution in [1.29, 1.82) is 5.26 Å². The summed E-state index contributed by atoms with van der Waals surface area (Å²) in [4.78, 5) is 10.7. The van der Waals surface area contributed by atoms with Crippen LogP contribution in [0.4, 0.5) is 5.69 Å². The van der Waals surface area contributed by atoms with E-state index in [2.05, 4.69) is 15.9 Å². The van der Waals surface area contributed by atoms with Gasteiger partial charge < -0.3 is 0 Å². The number of alkyl halides is 1. The van der Waals surface area contributed by atoms with E-state index < -0.39 is 4.92 Å². The highest BCUT2D eigenvalue weighted by Gasteiger charge is 2.13. The number of benzene rings is 2. The number of nitrogens with zero attached hydrogens (tertiary/aromatic N) is 2. The molecule has 0 saturated heterocycles. The van der Waals surface area contributed by atoms with E-state index in [1.54, 1.807) is 12.1 Å². The van der Waals surface area contributed by atoms with Crippen LogP contribution in [0.25, 0.3) is 16.8 Å². The summed E-state index contributed by atoms with van der Waals surface area (Å²) in [5, 5.41) is 22.1. The highest BCUT2D eigenvalue weighted by atomic mass is 79.9. The molecule has 2 rings (SSSR count). The Balaban J connectivity index is 2.71. The quantitative estimate of drug-likeness (QED) is 0.371. The maximum absolute atomic E-state index is 11.1. The standard InChI is InChI=1S/C14H9BrN2O2/c15-8-10(9-16)5-13-6-11-3-1-2-4-12(11)7-14(13)17(18)19/h1-7H,8H2/b10-5+. The molecule has 0 spiro atoms. The minimum atomic E-state index is -0.429. The van der Waals surface area contributed by atoms with Crippen LogP contribution in [0.1, 0.15) is 5.56 Å². The number of hydrogen-bond acceptors (Lipinski definition) is 3. The second-order valence-corrected chi connectivity index (χ2v) is 4.49. The molecule has 0 aliphatic carbocycles. The Hall–Kier alpha value is -2.19. The van der Waals surface area contributed by atoms with Gasteiger partial charge in [0.1, 0.15) is 0 Å². The van der Waals surface area contributed by atoms with E-state index in [1.807, 2.05) is 30.3 Å². The molecule has 0 aliphatic rings. The summed E-state index contributed by atoms with van der Waals surface area (Å²) in [6.45, 7) is 0. The summed E-state index contributed by atoms with van der Waals surface area (Å²) in [6, 6.07) is 12.7. The second-order valence-electron chi connectivity index (χ2n) is 3.93. The fourth-order valence-electron chi connectivity index (χ4n) is 1.81. The number of allylic oxidation sites excluding steroid dienone is 1. The first-order valence-corrected chi connectivity index (χ1v) is 6.61. The molecule has 0 saturated carbocycles. The van der Waals surface area contributed by atoms with Crippen LogP contribution in [0, 0.1) is 21.4 Å². The highest BCUT2D eigenvalue weighted by Crippen LogP contribution is 2.27. The Bertz CT molecular complexity index is 717. The topological polar surface area (TPSA) is 66.9 Å². The fourth-order valence-corrected chi connectivity index (χ4v) is 2.10. The Morgan fingerprint density at radius 3 is 2.53 bits per heavy atom. The van der Waals surface area contributed by atoms with Gasteiger partial charge in [0.2, 0.25) is 0 Å². The minimum Gasteiger partial charge on any atom is -0.258 e. The maximum Gasteiger partial charge on any atom is 0.277 e. The van der Waals surface area contributed by atoms with Crippen molar-refractivity contribution in [2.45, 2.75) is 0 Å². The molecule has 19 heavy (non-hydrogen) atoms. The minimum absolute atomic E-state index is 0.00685.